The molecular weight excluding hydrogens is 516 g/mol. The summed E-state index contributed by atoms with van der Waals surface area (Å²) in [6.45, 7) is 3.47. The second-order valence-corrected chi connectivity index (χ2v) is 11.4. The van der Waals surface area contributed by atoms with E-state index in [4.69, 9.17) is 19.6 Å². The molecule has 208 valence electrons. The van der Waals surface area contributed by atoms with Gasteiger partial charge < -0.3 is 34.6 Å². The minimum absolute atomic E-state index is 0.00107. The highest BCUT2D eigenvalue weighted by atomic mass is 32.2. The molecule has 12 nitrogen and oxygen atoms in total. The van der Waals surface area contributed by atoms with E-state index in [0.717, 1.165) is 4.31 Å². The van der Waals surface area contributed by atoms with Crippen LogP contribution in [0.3, 0.4) is 0 Å². The average Bonchev–Trinajstić information content (AvgIpc) is 3.31. The molecule has 1 aliphatic rings. The summed E-state index contributed by atoms with van der Waals surface area (Å²) in [5.74, 6) is 1.12. The molecule has 1 amide bonds. The predicted molar refractivity (Wildman–Crippen MR) is 139 cm³/mol. The Kier molecular flexibility index (Phi) is 9.41. The lowest BCUT2D eigenvalue weighted by molar-refractivity contribution is 0.0980. The molecule has 4 N–H and O–H groups in total. The second kappa shape index (κ2) is 12.3. The van der Waals surface area contributed by atoms with Crippen molar-refractivity contribution in [3.63, 3.8) is 0 Å². The molecule has 0 unspecified atom stereocenters. The molecule has 38 heavy (non-hydrogen) atoms. The summed E-state index contributed by atoms with van der Waals surface area (Å²) in [6.07, 6.45) is -2.60. The van der Waals surface area contributed by atoms with Gasteiger partial charge in [0.2, 0.25) is 16.8 Å². The van der Waals surface area contributed by atoms with E-state index in [0.29, 0.717) is 22.8 Å². The first-order valence-corrected chi connectivity index (χ1v) is 13.4. The van der Waals surface area contributed by atoms with Crippen molar-refractivity contribution in [2.75, 3.05) is 34.0 Å². The van der Waals surface area contributed by atoms with E-state index >= 15 is 0 Å². The van der Waals surface area contributed by atoms with E-state index in [1.165, 1.54) is 23.1 Å². The van der Waals surface area contributed by atoms with Crippen LogP contribution >= 0.6 is 0 Å². The maximum absolute atomic E-state index is 13.5. The van der Waals surface area contributed by atoms with Gasteiger partial charge in [-0.15, -0.1) is 0 Å². The number of benzene rings is 2. The third-order valence-corrected chi connectivity index (χ3v) is 7.54. The molecule has 1 aliphatic heterocycles. The number of carboxylic acid groups (broad SMARTS) is 1. The van der Waals surface area contributed by atoms with E-state index in [9.17, 15) is 23.4 Å². The molecule has 13 heteroatoms. The van der Waals surface area contributed by atoms with Crippen molar-refractivity contribution in [3.05, 3.63) is 48.0 Å². The first-order valence-electron chi connectivity index (χ1n) is 12.0. The SMILES string of the molecule is CC(C)CN(C[C@@H](O)[C@H](Cc1ccc(OC(=N)N(C)C)cc1)NC(=O)O)S(=O)(=O)c1ccc2c(c1)OCO2. The number of rotatable bonds is 11. The van der Waals surface area contributed by atoms with Crippen LogP contribution < -0.4 is 19.5 Å². The number of nitrogens with zero attached hydrogens (tertiary/aromatic N) is 2. The zero-order chi connectivity index (χ0) is 28.0. The fourth-order valence-corrected chi connectivity index (χ4v) is 5.43. The largest absolute Gasteiger partial charge is 0.465 e. The molecule has 0 fully saturated rings. The van der Waals surface area contributed by atoms with Gasteiger partial charge in [-0.05, 0) is 42.2 Å². The molecule has 0 aliphatic carbocycles. The van der Waals surface area contributed by atoms with Crippen molar-refractivity contribution in [3.8, 4) is 17.2 Å². The van der Waals surface area contributed by atoms with Crippen LogP contribution in [0.4, 0.5) is 4.79 Å². The Hall–Kier alpha value is -3.55. The van der Waals surface area contributed by atoms with Crippen LogP contribution in [0.1, 0.15) is 19.4 Å². The molecule has 2 aromatic carbocycles. The third-order valence-electron chi connectivity index (χ3n) is 5.71. The third kappa shape index (κ3) is 7.49. The lowest BCUT2D eigenvalue weighted by Crippen LogP contribution is -2.50. The van der Waals surface area contributed by atoms with Gasteiger partial charge in [0.15, 0.2) is 11.5 Å². The molecule has 0 saturated heterocycles. The summed E-state index contributed by atoms with van der Waals surface area (Å²) in [5.41, 5.74) is 0.681. The number of ether oxygens (including phenoxy) is 3. The number of nitrogens with one attached hydrogen (secondary N) is 2. The zero-order valence-corrected chi connectivity index (χ0v) is 22.6. The molecule has 0 radical (unpaired) electrons. The molecule has 0 bridgehead atoms. The number of fused-ring (bicyclic) bond motifs is 1. The van der Waals surface area contributed by atoms with E-state index in [-0.39, 0.29) is 43.1 Å². The lowest BCUT2D eigenvalue weighted by Gasteiger charge is -2.30. The Labute approximate surface area is 222 Å². The van der Waals surface area contributed by atoms with Crippen molar-refractivity contribution in [1.29, 1.82) is 5.41 Å². The maximum Gasteiger partial charge on any atom is 0.404 e. The molecule has 2 aromatic rings. The first-order chi connectivity index (χ1) is 17.9. The van der Waals surface area contributed by atoms with E-state index in [1.54, 1.807) is 38.4 Å². The molecular formula is C25H34N4O8S. The van der Waals surface area contributed by atoms with Gasteiger partial charge in [-0.25, -0.2) is 13.2 Å². The summed E-state index contributed by atoms with van der Waals surface area (Å²) in [4.78, 5) is 13.0. The van der Waals surface area contributed by atoms with Gasteiger partial charge in [-0.2, -0.15) is 4.31 Å². The van der Waals surface area contributed by atoms with Gasteiger partial charge in [0, 0.05) is 33.3 Å². The van der Waals surface area contributed by atoms with Crippen LogP contribution in [0.2, 0.25) is 0 Å². The summed E-state index contributed by atoms with van der Waals surface area (Å²) < 4.78 is 44.2. The number of hydrogen-bond donors (Lipinski definition) is 4. The summed E-state index contributed by atoms with van der Waals surface area (Å²) in [7, 11) is -0.698. The van der Waals surface area contributed by atoms with Gasteiger partial charge in [0.05, 0.1) is 17.0 Å². The Bertz CT molecular complexity index is 1230. The van der Waals surface area contributed by atoms with E-state index in [2.05, 4.69) is 5.32 Å². The highest BCUT2D eigenvalue weighted by Gasteiger charge is 2.32. The minimum atomic E-state index is -4.05. The van der Waals surface area contributed by atoms with Crippen LogP contribution in [-0.2, 0) is 16.4 Å². The molecule has 1 heterocycles. The van der Waals surface area contributed by atoms with Gasteiger partial charge >= 0.3 is 6.09 Å². The Morgan fingerprint density at radius 1 is 1.11 bits per heavy atom. The average molecular weight is 551 g/mol. The van der Waals surface area contributed by atoms with E-state index < -0.39 is 28.3 Å². The maximum atomic E-state index is 13.5. The molecule has 2 atom stereocenters. The van der Waals surface area contributed by atoms with Crippen LogP contribution in [0.15, 0.2) is 47.4 Å². The number of amides is 1. The smallest absolute Gasteiger partial charge is 0.404 e. The second-order valence-electron chi connectivity index (χ2n) is 9.50. The standard InChI is InChI=1S/C25H34N4O8S/c1-16(2)13-29(38(33,34)19-9-10-22-23(12-19)36-15-35-22)14-21(30)20(27-25(31)32)11-17-5-7-18(8-6-17)37-24(26)28(3)4/h5-10,12,16,20-21,26-27,30H,11,13-15H2,1-4H3,(H,31,32)/t20-,21+/m0/s1. The molecule has 0 saturated carbocycles. The highest BCUT2D eigenvalue weighted by Crippen LogP contribution is 2.35. The topological polar surface area (TPSA) is 162 Å². The monoisotopic (exact) mass is 550 g/mol. The number of sulfonamides is 1. The summed E-state index contributed by atoms with van der Waals surface area (Å²) in [6, 6.07) is 9.90. The quantitative estimate of drug-likeness (QED) is 0.243. The fourth-order valence-electron chi connectivity index (χ4n) is 3.79. The summed E-state index contributed by atoms with van der Waals surface area (Å²) in [5, 5.41) is 30.5. The normalized spacial score (nSPS) is 14.3. The Balaban J connectivity index is 1.79. The number of amidine groups is 1. The van der Waals surface area contributed by atoms with Gasteiger partial charge in [0.1, 0.15) is 5.75 Å². The van der Waals surface area contributed by atoms with Crippen LogP contribution in [0, 0.1) is 11.3 Å². The predicted octanol–water partition coefficient (Wildman–Crippen LogP) is 2.18. The van der Waals surface area contributed by atoms with Crippen LogP contribution in [0.25, 0.3) is 0 Å². The number of aliphatic hydroxyl groups is 1. The first kappa shape index (κ1) is 29.0. The molecule has 0 aromatic heterocycles. The lowest BCUT2D eigenvalue weighted by atomic mass is 10.0. The van der Waals surface area contributed by atoms with Gasteiger partial charge in [-0.1, -0.05) is 26.0 Å². The molecule has 0 spiro atoms. The minimum Gasteiger partial charge on any atom is -0.465 e. The van der Waals surface area contributed by atoms with Crippen LogP contribution in [-0.4, -0.2) is 86.1 Å². The number of hydrogen-bond acceptors (Lipinski definition) is 8. The highest BCUT2D eigenvalue weighted by molar-refractivity contribution is 7.89. The van der Waals surface area contributed by atoms with Crippen molar-refractivity contribution in [2.45, 2.75) is 37.3 Å². The Morgan fingerprint density at radius 3 is 2.37 bits per heavy atom. The number of aliphatic hydroxyl groups excluding tert-OH is 1. The molecule has 3 rings (SSSR count). The van der Waals surface area contributed by atoms with E-state index in [1.807, 2.05) is 13.8 Å². The van der Waals surface area contributed by atoms with Crippen molar-refractivity contribution < 1.29 is 37.6 Å². The van der Waals surface area contributed by atoms with Gasteiger partial charge in [0.25, 0.3) is 6.02 Å². The van der Waals surface area contributed by atoms with Crippen molar-refractivity contribution >= 4 is 22.1 Å². The summed E-state index contributed by atoms with van der Waals surface area (Å²) >= 11 is 0. The van der Waals surface area contributed by atoms with Crippen molar-refractivity contribution in [1.82, 2.24) is 14.5 Å². The van der Waals surface area contributed by atoms with Gasteiger partial charge in [-0.3, -0.25) is 5.41 Å². The van der Waals surface area contributed by atoms with Crippen LogP contribution in [0.5, 0.6) is 17.2 Å². The Morgan fingerprint density at radius 2 is 1.76 bits per heavy atom. The van der Waals surface area contributed by atoms with Crippen molar-refractivity contribution in [2.24, 2.45) is 5.92 Å². The zero-order valence-electron chi connectivity index (χ0n) is 21.7. The fraction of sp³-hybridized carbons (Fsp3) is 0.440. The number of carbonyl (C=O) groups is 1.